The van der Waals surface area contributed by atoms with Gasteiger partial charge in [-0.1, -0.05) is 12.1 Å². The molecule has 0 aliphatic heterocycles. The van der Waals surface area contributed by atoms with E-state index in [4.69, 9.17) is 5.26 Å². The van der Waals surface area contributed by atoms with Gasteiger partial charge >= 0.3 is 6.18 Å². The summed E-state index contributed by atoms with van der Waals surface area (Å²) in [4.78, 5) is 20.3. The summed E-state index contributed by atoms with van der Waals surface area (Å²) in [7, 11) is 0. The summed E-state index contributed by atoms with van der Waals surface area (Å²) >= 11 is 0. The van der Waals surface area contributed by atoms with E-state index in [0.717, 1.165) is 12.1 Å². The summed E-state index contributed by atoms with van der Waals surface area (Å²) in [6.45, 7) is 0. The first-order valence-corrected chi connectivity index (χ1v) is 7.94. The molecule has 0 saturated carbocycles. The zero-order valence-electron chi connectivity index (χ0n) is 14.2. The second kappa shape index (κ2) is 7.75. The van der Waals surface area contributed by atoms with Crippen molar-refractivity contribution in [1.82, 2.24) is 9.97 Å². The molecule has 9 heteroatoms. The van der Waals surface area contributed by atoms with E-state index in [-0.39, 0.29) is 17.3 Å². The molecule has 3 rings (SSSR count). The second-order valence-corrected chi connectivity index (χ2v) is 5.62. The molecule has 1 aromatic heterocycles. The number of hydrogen-bond donors (Lipinski definition) is 2. The maximum Gasteiger partial charge on any atom is 0.416 e. The van der Waals surface area contributed by atoms with E-state index < -0.39 is 17.6 Å². The van der Waals surface area contributed by atoms with Crippen molar-refractivity contribution in [2.24, 2.45) is 0 Å². The zero-order valence-corrected chi connectivity index (χ0v) is 14.2. The van der Waals surface area contributed by atoms with E-state index >= 15 is 0 Å². The van der Waals surface area contributed by atoms with E-state index in [1.54, 1.807) is 18.2 Å². The molecule has 3 aromatic rings. The topological polar surface area (TPSA) is 90.7 Å². The number of amides is 1. The predicted molar refractivity (Wildman–Crippen MR) is 95.9 cm³/mol. The Balaban J connectivity index is 1.77. The van der Waals surface area contributed by atoms with Crippen LogP contribution in [0.15, 0.2) is 60.8 Å². The standard InChI is InChI=1S/C19H12F3N5O/c20-19(21,22)13-4-2-6-15(10-13)26-18-24-8-7-16(27-18)17(28)25-14-5-1-3-12(9-14)11-23/h1-10H,(H,25,28)(H,24,26,27). The van der Waals surface area contributed by atoms with E-state index in [1.807, 2.05) is 6.07 Å². The van der Waals surface area contributed by atoms with Gasteiger partial charge in [-0.25, -0.2) is 9.97 Å². The van der Waals surface area contributed by atoms with Crippen molar-refractivity contribution >= 4 is 23.2 Å². The molecule has 0 atom stereocenters. The number of benzene rings is 2. The van der Waals surface area contributed by atoms with Crippen LogP contribution < -0.4 is 10.6 Å². The first-order chi connectivity index (χ1) is 13.3. The van der Waals surface area contributed by atoms with Gasteiger partial charge in [-0.05, 0) is 42.5 Å². The fourth-order valence-corrected chi connectivity index (χ4v) is 2.31. The van der Waals surface area contributed by atoms with Crippen LogP contribution in [-0.2, 0) is 6.18 Å². The summed E-state index contributed by atoms with van der Waals surface area (Å²) in [5.41, 5.74) is 0.118. The van der Waals surface area contributed by atoms with Crippen LogP contribution in [-0.4, -0.2) is 15.9 Å². The Kier molecular flexibility index (Phi) is 5.22. The number of nitrogens with one attached hydrogen (secondary N) is 2. The van der Waals surface area contributed by atoms with Crippen LogP contribution in [0, 0.1) is 11.3 Å². The Morgan fingerprint density at radius 1 is 1.04 bits per heavy atom. The highest BCUT2D eigenvalue weighted by molar-refractivity contribution is 6.03. The molecule has 28 heavy (non-hydrogen) atoms. The van der Waals surface area contributed by atoms with E-state index in [9.17, 15) is 18.0 Å². The Morgan fingerprint density at radius 2 is 1.79 bits per heavy atom. The van der Waals surface area contributed by atoms with Crippen LogP contribution in [0.25, 0.3) is 0 Å². The molecule has 6 nitrogen and oxygen atoms in total. The van der Waals surface area contributed by atoms with Gasteiger partial charge in [-0.3, -0.25) is 4.79 Å². The van der Waals surface area contributed by atoms with Crippen LogP contribution in [0.3, 0.4) is 0 Å². The van der Waals surface area contributed by atoms with Crippen LogP contribution in [0.5, 0.6) is 0 Å². The number of rotatable bonds is 4. The van der Waals surface area contributed by atoms with Gasteiger partial charge < -0.3 is 10.6 Å². The fourth-order valence-electron chi connectivity index (χ4n) is 2.31. The van der Waals surface area contributed by atoms with Gasteiger partial charge in [0.05, 0.1) is 17.2 Å². The van der Waals surface area contributed by atoms with Crippen molar-refractivity contribution in [3.8, 4) is 6.07 Å². The molecule has 2 aromatic carbocycles. The van der Waals surface area contributed by atoms with Crippen molar-refractivity contribution in [3.05, 3.63) is 77.6 Å². The van der Waals surface area contributed by atoms with E-state index in [2.05, 4.69) is 20.6 Å². The smallest absolute Gasteiger partial charge is 0.324 e. The van der Waals surface area contributed by atoms with Gasteiger partial charge in [0.15, 0.2) is 0 Å². The van der Waals surface area contributed by atoms with Gasteiger partial charge in [-0.15, -0.1) is 0 Å². The summed E-state index contributed by atoms with van der Waals surface area (Å²) in [6.07, 6.45) is -3.16. The van der Waals surface area contributed by atoms with Gasteiger partial charge in [0, 0.05) is 17.6 Å². The monoisotopic (exact) mass is 383 g/mol. The van der Waals surface area contributed by atoms with Gasteiger partial charge in [0.1, 0.15) is 5.69 Å². The Morgan fingerprint density at radius 3 is 2.54 bits per heavy atom. The number of carbonyl (C=O) groups is 1. The maximum absolute atomic E-state index is 12.8. The van der Waals surface area contributed by atoms with Crippen LogP contribution in [0.2, 0.25) is 0 Å². The van der Waals surface area contributed by atoms with Crippen molar-refractivity contribution in [1.29, 1.82) is 5.26 Å². The molecular weight excluding hydrogens is 371 g/mol. The molecule has 0 bridgehead atoms. The lowest BCUT2D eigenvalue weighted by Gasteiger charge is -2.10. The van der Waals surface area contributed by atoms with Gasteiger partial charge in [0.25, 0.3) is 5.91 Å². The van der Waals surface area contributed by atoms with Crippen LogP contribution in [0.1, 0.15) is 21.6 Å². The molecule has 1 amide bonds. The molecule has 0 aliphatic carbocycles. The SMILES string of the molecule is N#Cc1cccc(NC(=O)c2ccnc(Nc3cccc(C(F)(F)F)c3)n2)c1. The summed E-state index contributed by atoms with van der Waals surface area (Å²) in [5.74, 6) is -0.581. The molecule has 2 N–H and O–H groups in total. The van der Waals surface area contributed by atoms with Gasteiger partial charge in [0.2, 0.25) is 5.95 Å². The lowest BCUT2D eigenvalue weighted by atomic mass is 10.2. The molecule has 0 unspecified atom stereocenters. The minimum Gasteiger partial charge on any atom is -0.324 e. The number of anilines is 3. The highest BCUT2D eigenvalue weighted by Crippen LogP contribution is 2.31. The van der Waals surface area contributed by atoms with E-state index in [0.29, 0.717) is 11.3 Å². The lowest BCUT2D eigenvalue weighted by Crippen LogP contribution is -2.15. The first kappa shape index (κ1) is 18.8. The lowest BCUT2D eigenvalue weighted by molar-refractivity contribution is -0.137. The zero-order chi connectivity index (χ0) is 20.1. The molecule has 0 radical (unpaired) electrons. The third kappa shape index (κ3) is 4.62. The third-order valence-electron chi connectivity index (χ3n) is 3.58. The van der Waals surface area contributed by atoms with E-state index in [1.165, 1.54) is 30.5 Å². The number of halogens is 3. The average Bonchev–Trinajstić information content (AvgIpc) is 2.68. The number of alkyl halides is 3. The maximum atomic E-state index is 12.8. The Bertz CT molecular complexity index is 1060. The largest absolute Gasteiger partial charge is 0.416 e. The average molecular weight is 383 g/mol. The third-order valence-corrected chi connectivity index (χ3v) is 3.58. The Labute approximate surface area is 157 Å². The molecule has 140 valence electrons. The van der Waals surface area contributed by atoms with Crippen molar-refractivity contribution in [2.75, 3.05) is 10.6 Å². The summed E-state index contributed by atoms with van der Waals surface area (Å²) in [6, 6.07) is 14.2. The molecule has 1 heterocycles. The molecule has 0 fully saturated rings. The molecular formula is C19H12F3N5O. The highest BCUT2D eigenvalue weighted by Gasteiger charge is 2.30. The van der Waals surface area contributed by atoms with Crippen molar-refractivity contribution in [2.45, 2.75) is 6.18 Å². The number of carbonyl (C=O) groups excluding carboxylic acids is 1. The number of aromatic nitrogens is 2. The quantitative estimate of drug-likeness (QED) is 0.698. The summed E-state index contributed by atoms with van der Waals surface area (Å²) in [5, 5.41) is 14.1. The van der Waals surface area contributed by atoms with Crippen LogP contribution >= 0.6 is 0 Å². The summed E-state index contributed by atoms with van der Waals surface area (Å²) < 4.78 is 38.4. The van der Waals surface area contributed by atoms with Crippen molar-refractivity contribution in [3.63, 3.8) is 0 Å². The minimum atomic E-state index is -4.47. The Hall–Kier alpha value is -3.93. The molecule has 0 saturated heterocycles. The number of hydrogen-bond acceptors (Lipinski definition) is 5. The number of nitriles is 1. The first-order valence-electron chi connectivity index (χ1n) is 7.94. The second-order valence-electron chi connectivity index (χ2n) is 5.62. The predicted octanol–water partition coefficient (Wildman–Crippen LogP) is 4.36. The van der Waals surface area contributed by atoms with Crippen LogP contribution in [0.4, 0.5) is 30.5 Å². The normalized spacial score (nSPS) is 10.8. The van der Waals surface area contributed by atoms with Gasteiger partial charge in [-0.2, -0.15) is 18.4 Å². The van der Waals surface area contributed by atoms with Crippen molar-refractivity contribution < 1.29 is 18.0 Å². The molecule has 0 spiro atoms. The number of nitrogens with zero attached hydrogens (tertiary/aromatic N) is 3. The molecule has 0 aliphatic rings. The minimum absolute atomic E-state index is 0.00633. The highest BCUT2D eigenvalue weighted by atomic mass is 19.4. The fraction of sp³-hybridized carbons (Fsp3) is 0.0526.